The quantitative estimate of drug-likeness (QED) is 0.716. The minimum atomic E-state index is -0.175. The standard InChI is InChI=1S/C11H22O2/c1-5-10-8(4)9(12)6-11(13-10)7(2)3/h7-12H,5-6H2,1-4H3/t8?,9?,10?,11-/m1/s1. The molecular formula is C11H22O2. The van der Waals surface area contributed by atoms with Gasteiger partial charge in [-0.15, -0.1) is 0 Å². The van der Waals surface area contributed by atoms with E-state index >= 15 is 0 Å². The Labute approximate surface area is 81.3 Å². The molecule has 13 heavy (non-hydrogen) atoms. The van der Waals surface area contributed by atoms with Crippen molar-refractivity contribution in [2.24, 2.45) is 11.8 Å². The molecule has 0 aromatic heterocycles. The lowest BCUT2D eigenvalue weighted by atomic mass is 9.86. The van der Waals surface area contributed by atoms with E-state index in [1.165, 1.54) is 0 Å². The lowest BCUT2D eigenvalue weighted by Gasteiger charge is -2.39. The van der Waals surface area contributed by atoms with Gasteiger partial charge in [0.25, 0.3) is 0 Å². The summed E-state index contributed by atoms with van der Waals surface area (Å²) in [6.45, 7) is 8.51. The van der Waals surface area contributed by atoms with Crippen molar-refractivity contribution in [3.8, 4) is 0 Å². The maximum atomic E-state index is 9.82. The van der Waals surface area contributed by atoms with E-state index in [4.69, 9.17) is 4.74 Å². The number of hydrogen-bond donors (Lipinski definition) is 1. The normalized spacial score (nSPS) is 41.1. The molecule has 0 aliphatic carbocycles. The lowest BCUT2D eigenvalue weighted by molar-refractivity contribution is -0.144. The third-order valence-electron chi connectivity index (χ3n) is 3.16. The highest BCUT2D eigenvalue weighted by Gasteiger charge is 2.34. The molecule has 0 aromatic rings. The molecule has 2 nitrogen and oxygen atoms in total. The summed E-state index contributed by atoms with van der Waals surface area (Å²) in [7, 11) is 0. The smallest absolute Gasteiger partial charge is 0.0626 e. The predicted octanol–water partition coefficient (Wildman–Crippen LogP) is 2.21. The zero-order valence-electron chi connectivity index (χ0n) is 9.16. The molecule has 0 aromatic carbocycles. The van der Waals surface area contributed by atoms with Gasteiger partial charge in [-0.05, 0) is 12.3 Å². The number of ether oxygens (including phenoxy) is 1. The second-order valence-corrected chi connectivity index (χ2v) is 4.53. The zero-order chi connectivity index (χ0) is 10.0. The zero-order valence-corrected chi connectivity index (χ0v) is 9.16. The molecule has 1 rings (SSSR count). The van der Waals surface area contributed by atoms with Crippen LogP contribution >= 0.6 is 0 Å². The summed E-state index contributed by atoms with van der Waals surface area (Å²) < 4.78 is 5.92. The van der Waals surface area contributed by atoms with Crippen LogP contribution in [0.25, 0.3) is 0 Å². The van der Waals surface area contributed by atoms with Gasteiger partial charge in [-0.3, -0.25) is 0 Å². The molecule has 0 amide bonds. The molecule has 1 aliphatic heterocycles. The Morgan fingerprint density at radius 1 is 1.46 bits per heavy atom. The van der Waals surface area contributed by atoms with E-state index in [1.54, 1.807) is 0 Å². The maximum Gasteiger partial charge on any atom is 0.0626 e. The fourth-order valence-corrected chi connectivity index (χ4v) is 2.00. The Balaban J connectivity index is 2.58. The maximum absolute atomic E-state index is 9.82. The summed E-state index contributed by atoms with van der Waals surface area (Å²) >= 11 is 0. The topological polar surface area (TPSA) is 29.5 Å². The Morgan fingerprint density at radius 3 is 2.54 bits per heavy atom. The van der Waals surface area contributed by atoms with Crippen molar-refractivity contribution in [2.75, 3.05) is 0 Å². The molecule has 0 spiro atoms. The molecule has 0 radical (unpaired) electrons. The van der Waals surface area contributed by atoms with E-state index in [0.29, 0.717) is 11.8 Å². The second-order valence-electron chi connectivity index (χ2n) is 4.53. The first-order chi connectivity index (χ1) is 6.06. The first kappa shape index (κ1) is 11.0. The minimum Gasteiger partial charge on any atom is -0.393 e. The van der Waals surface area contributed by atoms with Crippen LogP contribution in [0.4, 0.5) is 0 Å². The van der Waals surface area contributed by atoms with E-state index in [1.807, 2.05) is 0 Å². The molecule has 1 N–H and O–H groups in total. The second kappa shape index (κ2) is 4.43. The van der Waals surface area contributed by atoms with Crippen molar-refractivity contribution in [1.82, 2.24) is 0 Å². The van der Waals surface area contributed by atoms with Gasteiger partial charge in [0.15, 0.2) is 0 Å². The highest BCUT2D eigenvalue weighted by atomic mass is 16.5. The summed E-state index contributed by atoms with van der Waals surface area (Å²) in [6.07, 6.45) is 2.12. The summed E-state index contributed by atoms with van der Waals surface area (Å²) in [6, 6.07) is 0. The predicted molar refractivity (Wildman–Crippen MR) is 53.6 cm³/mol. The average Bonchev–Trinajstić information content (AvgIpc) is 2.09. The van der Waals surface area contributed by atoms with Gasteiger partial charge >= 0.3 is 0 Å². The minimum absolute atomic E-state index is 0.175. The number of aliphatic hydroxyl groups is 1. The highest BCUT2D eigenvalue weighted by Crippen LogP contribution is 2.30. The Bertz CT molecular complexity index is 156. The lowest BCUT2D eigenvalue weighted by Crippen LogP contribution is -2.44. The Morgan fingerprint density at radius 2 is 2.08 bits per heavy atom. The van der Waals surface area contributed by atoms with E-state index < -0.39 is 0 Å². The van der Waals surface area contributed by atoms with Gasteiger partial charge in [-0.2, -0.15) is 0 Å². The average molecular weight is 186 g/mol. The molecule has 1 aliphatic rings. The molecule has 0 saturated carbocycles. The first-order valence-corrected chi connectivity index (χ1v) is 5.39. The number of rotatable bonds is 2. The van der Waals surface area contributed by atoms with Crippen LogP contribution in [0.2, 0.25) is 0 Å². The van der Waals surface area contributed by atoms with E-state index in [-0.39, 0.29) is 18.3 Å². The number of aliphatic hydroxyl groups excluding tert-OH is 1. The number of hydrogen-bond acceptors (Lipinski definition) is 2. The van der Waals surface area contributed by atoms with Crippen molar-refractivity contribution >= 4 is 0 Å². The van der Waals surface area contributed by atoms with Gasteiger partial charge in [0.2, 0.25) is 0 Å². The van der Waals surface area contributed by atoms with Crippen molar-refractivity contribution < 1.29 is 9.84 Å². The van der Waals surface area contributed by atoms with Gasteiger partial charge in [0.1, 0.15) is 0 Å². The van der Waals surface area contributed by atoms with Crippen molar-refractivity contribution in [3.05, 3.63) is 0 Å². The van der Waals surface area contributed by atoms with Crippen molar-refractivity contribution in [2.45, 2.75) is 58.8 Å². The summed E-state index contributed by atoms with van der Waals surface area (Å²) in [5.41, 5.74) is 0. The molecule has 1 saturated heterocycles. The molecule has 1 fully saturated rings. The fourth-order valence-electron chi connectivity index (χ4n) is 2.00. The molecule has 3 unspecified atom stereocenters. The fraction of sp³-hybridized carbons (Fsp3) is 1.00. The molecule has 1 heterocycles. The van der Waals surface area contributed by atoms with Crippen molar-refractivity contribution in [1.29, 1.82) is 0 Å². The summed E-state index contributed by atoms with van der Waals surface area (Å²) in [5.74, 6) is 0.802. The van der Waals surface area contributed by atoms with Gasteiger partial charge < -0.3 is 9.84 Å². The molecule has 0 bridgehead atoms. The molecular weight excluding hydrogens is 164 g/mol. The SMILES string of the molecule is CCC1O[C@@H](C(C)C)CC(O)C1C. The van der Waals surface area contributed by atoms with Gasteiger partial charge in [0.05, 0.1) is 18.3 Å². The van der Waals surface area contributed by atoms with E-state index in [9.17, 15) is 5.11 Å². The van der Waals surface area contributed by atoms with Gasteiger partial charge in [-0.25, -0.2) is 0 Å². The highest BCUT2D eigenvalue weighted by molar-refractivity contribution is 4.83. The first-order valence-electron chi connectivity index (χ1n) is 5.39. The monoisotopic (exact) mass is 186 g/mol. The largest absolute Gasteiger partial charge is 0.393 e. The van der Waals surface area contributed by atoms with Gasteiger partial charge in [0, 0.05) is 12.3 Å². The van der Waals surface area contributed by atoms with Crippen LogP contribution in [0.15, 0.2) is 0 Å². The van der Waals surface area contributed by atoms with Gasteiger partial charge in [-0.1, -0.05) is 27.7 Å². The Hall–Kier alpha value is -0.0800. The molecule has 2 heteroatoms. The molecule has 78 valence electrons. The van der Waals surface area contributed by atoms with E-state index in [0.717, 1.165) is 12.8 Å². The van der Waals surface area contributed by atoms with Crippen LogP contribution in [-0.2, 0) is 4.74 Å². The Kier molecular flexibility index (Phi) is 3.74. The molecule has 4 atom stereocenters. The van der Waals surface area contributed by atoms with E-state index in [2.05, 4.69) is 27.7 Å². The van der Waals surface area contributed by atoms with Crippen LogP contribution in [0, 0.1) is 11.8 Å². The van der Waals surface area contributed by atoms with Crippen LogP contribution < -0.4 is 0 Å². The third kappa shape index (κ3) is 2.44. The van der Waals surface area contributed by atoms with Crippen LogP contribution in [0.5, 0.6) is 0 Å². The summed E-state index contributed by atoms with van der Waals surface area (Å²) in [4.78, 5) is 0. The third-order valence-corrected chi connectivity index (χ3v) is 3.16. The van der Waals surface area contributed by atoms with Crippen LogP contribution in [0.1, 0.15) is 40.5 Å². The summed E-state index contributed by atoms with van der Waals surface area (Å²) in [5, 5.41) is 9.82. The van der Waals surface area contributed by atoms with Crippen molar-refractivity contribution in [3.63, 3.8) is 0 Å². The van der Waals surface area contributed by atoms with Crippen LogP contribution in [-0.4, -0.2) is 23.4 Å². The van der Waals surface area contributed by atoms with Crippen LogP contribution in [0.3, 0.4) is 0 Å².